The smallest absolute Gasteiger partial charge is 0.0662 e. The minimum Gasteiger partial charge on any atom is -0.253 e. The zero-order valence-electron chi connectivity index (χ0n) is 52.0. The van der Waals surface area contributed by atoms with Crippen LogP contribution >= 0.6 is 0 Å². The molecule has 434 valence electrons. The highest BCUT2D eigenvalue weighted by molar-refractivity contribution is 6.23. The number of hydrogen-bond donors (Lipinski definition) is 0. The van der Waals surface area contributed by atoms with Crippen molar-refractivity contribution in [3.8, 4) is 77.9 Å². The molecule has 0 bridgehead atoms. The third-order valence-electron chi connectivity index (χ3n) is 17.0. The van der Waals surface area contributed by atoms with Crippen molar-refractivity contribution in [3.05, 3.63) is 373 Å². The first kappa shape index (κ1) is 59.3. The van der Waals surface area contributed by atoms with E-state index < -0.39 is 0 Å². The maximum absolute atomic E-state index is 5.02. The molecule has 0 saturated heterocycles. The number of nitrogens with zero attached hydrogens (tertiary/aromatic N) is 1. The van der Waals surface area contributed by atoms with Gasteiger partial charge in [0.2, 0.25) is 0 Å². The summed E-state index contributed by atoms with van der Waals surface area (Å²) in [7, 11) is 0. The number of para-hydroxylation sites is 1. The Balaban J connectivity index is 0.000000314. The molecule has 90 heavy (non-hydrogen) atoms. The minimum absolute atomic E-state index is 0.988. The van der Waals surface area contributed by atoms with E-state index in [1.54, 1.807) is 0 Å². The molecule has 1 nitrogen and oxygen atoms in total. The highest BCUT2D eigenvalue weighted by atomic mass is 14.7. The SMILES string of the molecule is C=C(C)c1ccc2c(-c3cc(-c4ccccc4)cc(-c4ccccc4)c3)c3cc(-c4ccc(C(C)=Nc5ccccc5C)cc4)ccc3c(-c3cc(-c4ccccc4)cc(-c4ccccc4)c3)c2c1.Cc1ccccc1.Cc1ccccc1Cc1ccccc1. The third kappa shape index (κ3) is 13.9. The number of aryl methyl sites for hydroxylation is 3. The lowest BCUT2D eigenvalue weighted by molar-refractivity contribution is 1.16. The van der Waals surface area contributed by atoms with Crippen LogP contribution in [0.25, 0.3) is 105 Å². The summed E-state index contributed by atoms with van der Waals surface area (Å²) in [6, 6.07) is 118. The van der Waals surface area contributed by atoms with Crippen LogP contribution in [-0.4, -0.2) is 5.71 Å². The monoisotopic (exact) mass is 1160 g/mol. The van der Waals surface area contributed by atoms with Gasteiger partial charge in [-0.1, -0.05) is 291 Å². The normalized spacial score (nSPS) is 11.1. The fourth-order valence-electron chi connectivity index (χ4n) is 12.0. The molecule has 0 radical (unpaired) electrons. The topological polar surface area (TPSA) is 12.4 Å². The molecule has 0 saturated carbocycles. The van der Waals surface area contributed by atoms with Crippen LogP contribution < -0.4 is 0 Å². The Kier molecular flexibility index (Phi) is 18.3. The van der Waals surface area contributed by atoms with E-state index in [-0.39, 0.29) is 0 Å². The molecular weight excluding hydrogens is 1080 g/mol. The largest absolute Gasteiger partial charge is 0.253 e. The second-order valence-electron chi connectivity index (χ2n) is 23.4. The summed E-state index contributed by atoms with van der Waals surface area (Å²) < 4.78 is 0. The van der Waals surface area contributed by atoms with Crippen LogP contribution in [0, 0.1) is 20.8 Å². The summed E-state index contributed by atoms with van der Waals surface area (Å²) >= 11 is 0. The lowest BCUT2D eigenvalue weighted by atomic mass is 9.82. The average molecular weight is 1160 g/mol. The van der Waals surface area contributed by atoms with E-state index >= 15 is 0 Å². The number of aliphatic imine (C=N–C) groups is 1. The van der Waals surface area contributed by atoms with Gasteiger partial charge in [-0.2, -0.15) is 0 Å². The molecule has 0 aliphatic carbocycles. The third-order valence-corrected chi connectivity index (χ3v) is 17.0. The standard InChI is InChI=1S/C68H51N.C14H14.C7H8/c1-45(2)54-33-35-62-64(43-54)67(60-39-56(49-20-9-5-10-21-49)37-57(40-60)50-22-11-6-12-23-50)63-36-34-55(53-31-29-48(30-32-53)47(4)69-66-28-18-17-19-46(66)3)44-65(63)68(62)61-41-58(51-24-13-7-14-25-51)38-59(42-61)52-26-15-8-16-27-52;1-12-7-5-6-10-14(12)11-13-8-3-2-4-9-13;1-7-5-3-2-4-6-7/h5-44H,1H2,2-4H3;2-10H,11H2,1H3;2-6H,1H3. The first-order chi connectivity index (χ1) is 44.1. The first-order valence-corrected chi connectivity index (χ1v) is 31.1. The second-order valence-corrected chi connectivity index (χ2v) is 23.4. The van der Waals surface area contributed by atoms with Gasteiger partial charge in [-0.3, -0.25) is 4.99 Å². The molecule has 14 rings (SSSR count). The molecule has 0 atom stereocenters. The minimum atomic E-state index is 0.988. The van der Waals surface area contributed by atoms with Crippen molar-refractivity contribution in [2.24, 2.45) is 4.99 Å². The molecule has 0 unspecified atom stereocenters. The van der Waals surface area contributed by atoms with E-state index in [1.165, 1.54) is 111 Å². The summed E-state index contributed by atoms with van der Waals surface area (Å²) in [4.78, 5) is 5.02. The lowest BCUT2D eigenvalue weighted by Gasteiger charge is -2.21. The molecule has 0 aliphatic heterocycles. The average Bonchev–Trinajstić information content (AvgIpc) is 0.784. The van der Waals surface area contributed by atoms with Crippen LogP contribution in [0.4, 0.5) is 5.69 Å². The van der Waals surface area contributed by atoms with Crippen molar-refractivity contribution >= 4 is 38.5 Å². The van der Waals surface area contributed by atoms with Crippen LogP contribution in [0.5, 0.6) is 0 Å². The first-order valence-electron chi connectivity index (χ1n) is 31.1. The maximum atomic E-state index is 5.02. The number of fused-ring (bicyclic) bond motifs is 2. The van der Waals surface area contributed by atoms with E-state index in [1.807, 2.05) is 24.3 Å². The number of benzene rings is 14. The van der Waals surface area contributed by atoms with Gasteiger partial charge in [-0.15, -0.1) is 0 Å². The van der Waals surface area contributed by atoms with Crippen molar-refractivity contribution < 1.29 is 0 Å². The fraction of sp³-hybridized carbons (Fsp3) is 0.0674. The van der Waals surface area contributed by atoms with Crippen molar-refractivity contribution in [2.45, 2.75) is 41.0 Å². The Morgan fingerprint density at radius 3 is 1.10 bits per heavy atom. The Morgan fingerprint density at radius 1 is 0.289 bits per heavy atom. The summed E-state index contributed by atoms with van der Waals surface area (Å²) in [6.45, 7) is 15.0. The molecule has 0 fully saturated rings. The van der Waals surface area contributed by atoms with Gasteiger partial charge in [-0.25, -0.2) is 0 Å². The molecule has 0 aliphatic rings. The summed E-state index contributed by atoms with van der Waals surface area (Å²) in [5.74, 6) is 0. The Bertz CT molecular complexity index is 4680. The van der Waals surface area contributed by atoms with E-state index in [0.717, 1.165) is 51.2 Å². The Labute approximate surface area is 532 Å². The number of rotatable bonds is 12. The highest BCUT2D eigenvalue weighted by Gasteiger charge is 2.21. The highest BCUT2D eigenvalue weighted by Crippen LogP contribution is 2.48. The van der Waals surface area contributed by atoms with Crippen LogP contribution in [0.2, 0.25) is 0 Å². The maximum Gasteiger partial charge on any atom is 0.0662 e. The van der Waals surface area contributed by atoms with Gasteiger partial charge >= 0.3 is 0 Å². The molecule has 0 aromatic heterocycles. The zero-order valence-corrected chi connectivity index (χ0v) is 52.0. The number of allylic oxidation sites excluding steroid dienone is 1. The summed E-state index contributed by atoms with van der Waals surface area (Å²) in [6.07, 6.45) is 1.04. The van der Waals surface area contributed by atoms with Gasteiger partial charge in [0, 0.05) is 5.71 Å². The van der Waals surface area contributed by atoms with E-state index in [4.69, 9.17) is 4.99 Å². The molecule has 0 spiro atoms. The van der Waals surface area contributed by atoms with Crippen LogP contribution in [0.3, 0.4) is 0 Å². The van der Waals surface area contributed by atoms with Crippen LogP contribution in [0.15, 0.2) is 339 Å². The quantitative estimate of drug-likeness (QED) is 0.0854. The number of hydrogen-bond acceptors (Lipinski definition) is 1. The predicted octanol–water partition coefficient (Wildman–Crippen LogP) is 24.7. The predicted molar refractivity (Wildman–Crippen MR) is 389 cm³/mol. The molecule has 0 amide bonds. The lowest BCUT2D eigenvalue weighted by Crippen LogP contribution is -1.96. The fourth-order valence-corrected chi connectivity index (χ4v) is 12.0. The van der Waals surface area contributed by atoms with Gasteiger partial charge in [0.1, 0.15) is 0 Å². The molecular formula is C89H73N. The zero-order chi connectivity index (χ0) is 61.8. The van der Waals surface area contributed by atoms with Crippen molar-refractivity contribution in [1.82, 2.24) is 0 Å². The van der Waals surface area contributed by atoms with Gasteiger partial charge in [0.05, 0.1) is 5.69 Å². The van der Waals surface area contributed by atoms with Crippen LogP contribution in [-0.2, 0) is 6.42 Å². The van der Waals surface area contributed by atoms with Gasteiger partial charge in [-0.05, 0) is 228 Å². The molecule has 0 N–H and O–H groups in total. The molecule has 14 aromatic rings. The van der Waals surface area contributed by atoms with Crippen molar-refractivity contribution in [3.63, 3.8) is 0 Å². The summed E-state index contributed by atoms with van der Waals surface area (Å²) in [5, 5.41) is 4.76. The van der Waals surface area contributed by atoms with Gasteiger partial charge < -0.3 is 0 Å². The van der Waals surface area contributed by atoms with Crippen molar-refractivity contribution in [1.29, 1.82) is 0 Å². The van der Waals surface area contributed by atoms with E-state index in [9.17, 15) is 0 Å². The molecule has 0 heterocycles. The molecule has 1 heteroatoms. The van der Waals surface area contributed by atoms with Crippen molar-refractivity contribution in [2.75, 3.05) is 0 Å². The molecule has 14 aromatic carbocycles. The van der Waals surface area contributed by atoms with E-state index in [0.29, 0.717) is 0 Å². The van der Waals surface area contributed by atoms with Crippen LogP contribution in [0.1, 0.15) is 52.8 Å². The summed E-state index contributed by atoms with van der Waals surface area (Å²) in [5.41, 5.74) is 28.3. The Morgan fingerprint density at radius 2 is 0.656 bits per heavy atom. The second kappa shape index (κ2) is 27.8. The van der Waals surface area contributed by atoms with Gasteiger partial charge in [0.25, 0.3) is 0 Å². The Hall–Kier alpha value is -11.0. The van der Waals surface area contributed by atoms with E-state index in [2.05, 4.69) is 345 Å². The van der Waals surface area contributed by atoms with Gasteiger partial charge in [0.15, 0.2) is 0 Å².